The van der Waals surface area contributed by atoms with Gasteiger partial charge in [0.2, 0.25) is 5.91 Å². The number of hydrogen-bond donors (Lipinski definition) is 2. The summed E-state index contributed by atoms with van der Waals surface area (Å²) in [5.41, 5.74) is 2.95. The van der Waals surface area contributed by atoms with Crippen LogP contribution in [0.1, 0.15) is 29.7 Å². The number of fused-ring (bicyclic) bond motifs is 1. The zero-order chi connectivity index (χ0) is 17.8. The predicted molar refractivity (Wildman–Crippen MR) is 94.4 cm³/mol. The van der Waals surface area contributed by atoms with Gasteiger partial charge in [0.25, 0.3) is 0 Å². The maximum absolute atomic E-state index is 12.9. The molecule has 1 aliphatic rings. The van der Waals surface area contributed by atoms with Crippen LogP contribution in [0.25, 0.3) is 0 Å². The van der Waals surface area contributed by atoms with E-state index in [0.29, 0.717) is 13.1 Å². The summed E-state index contributed by atoms with van der Waals surface area (Å²) in [7, 11) is 0. The Balaban J connectivity index is 1.57. The molecule has 0 radical (unpaired) electrons. The number of rotatable bonds is 6. The molecule has 0 bridgehead atoms. The SMILES string of the molecule is CCN(CC(=O)NCc1ccc(F)cc1)C1Cc2ccccc2C1O. The van der Waals surface area contributed by atoms with Crippen LogP contribution < -0.4 is 5.32 Å². The Morgan fingerprint density at radius 3 is 2.64 bits per heavy atom. The Labute approximate surface area is 147 Å². The molecule has 2 atom stereocenters. The lowest BCUT2D eigenvalue weighted by Crippen LogP contribution is -2.44. The van der Waals surface area contributed by atoms with Gasteiger partial charge in [0.1, 0.15) is 5.82 Å². The van der Waals surface area contributed by atoms with Crippen LogP contribution in [-0.4, -0.2) is 35.0 Å². The van der Waals surface area contributed by atoms with Crippen molar-refractivity contribution in [3.05, 3.63) is 71.0 Å². The molecular weight excluding hydrogens is 319 g/mol. The van der Waals surface area contributed by atoms with Crippen molar-refractivity contribution in [3.63, 3.8) is 0 Å². The number of aliphatic hydroxyl groups excluding tert-OH is 1. The molecule has 0 fully saturated rings. The summed E-state index contributed by atoms with van der Waals surface area (Å²) in [6, 6.07) is 13.9. The normalized spacial score (nSPS) is 19.0. The fraction of sp³-hybridized carbons (Fsp3) is 0.350. The van der Waals surface area contributed by atoms with Gasteiger partial charge in [-0.25, -0.2) is 4.39 Å². The first kappa shape index (κ1) is 17.6. The quantitative estimate of drug-likeness (QED) is 0.848. The van der Waals surface area contributed by atoms with Crippen molar-refractivity contribution in [1.82, 2.24) is 10.2 Å². The van der Waals surface area contributed by atoms with Crippen molar-refractivity contribution >= 4 is 5.91 Å². The number of halogens is 1. The maximum atomic E-state index is 12.9. The average molecular weight is 342 g/mol. The van der Waals surface area contributed by atoms with Gasteiger partial charge in [-0.15, -0.1) is 0 Å². The van der Waals surface area contributed by atoms with E-state index >= 15 is 0 Å². The third-order valence-electron chi connectivity index (χ3n) is 4.79. The van der Waals surface area contributed by atoms with E-state index in [1.807, 2.05) is 36.1 Å². The van der Waals surface area contributed by atoms with Crippen LogP contribution in [0.2, 0.25) is 0 Å². The van der Waals surface area contributed by atoms with Gasteiger partial charge in [-0.1, -0.05) is 43.3 Å². The first-order valence-electron chi connectivity index (χ1n) is 8.59. The van der Waals surface area contributed by atoms with E-state index in [2.05, 4.69) is 5.32 Å². The lowest BCUT2D eigenvalue weighted by atomic mass is 10.1. The van der Waals surface area contributed by atoms with Gasteiger partial charge in [0, 0.05) is 12.6 Å². The minimum absolute atomic E-state index is 0.0843. The molecule has 5 heteroatoms. The van der Waals surface area contributed by atoms with Crippen molar-refractivity contribution in [3.8, 4) is 0 Å². The van der Waals surface area contributed by atoms with Gasteiger partial charge in [-0.2, -0.15) is 0 Å². The first-order valence-corrected chi connectivity index (χ1v) is 8.59. The van der Waals surface area contributed by atoms with E-state index in [1.54, 1.807) is 12.1 Å². The number of carbonyl (C=O) groups is 1. The summed E-state index contributed by atoms with van der Waals surface area (Å²) in [6.07, 6.45) is 0.178. The number of hydrogen-bond acceptors (Lipinski definition) is 3. The van der Waals surface area contributed by atoms with Gasteiger partial charge >= 0.3 is 0 Å². The van der Waals surface area contributed by atoms with Gasteiger partial charge < -0.3 is 10.4 Å². The fourth-order valence-electron chi connectivity index (χ4n) is 3.39. The van der Waals surface area contributed by atoms with E-state index in [-0.39, 0.29) is 24.3 Å². The summed E-state index contributed by atoms with van der Waals surface area (Å²) in [6.45, 7) is 3.26. The minimum Gasteiger partial charge on any atom is -0.387 e. The number of carbonyl (C=O) groups excluding carboxylic acids is 1. The van der Waals surface area contributed by atoms with Crippen LogP contribution in [0.15, 0.2) is 48.5 Å². The molecule has 2 N–H and O–H groups in total. The smallest absolute Gasteiger partial charge is 0.234 e. The molecule has 25 heavy (non-hydrogen) atoms. The molecule has 132 valence electrons. The molecule has 1 amide bonds. The number of amides is 1. The minimum atomic E-state index is -0.568. The van der Waals surface area contributed by atoms with Crippen molar-refractivity contribution < 1.29 is 14.3 Å². The highest BCUT2D eigenvalue weighted by atomic mass is 19.1. The third-order valence-corrected chi connectivity index (χ3v) is 4.79. The standard InChI is InChI=1S/C20H23FN2O2/c1-2-23(18-11-15-5-3-4-6-17(15)20(18)25)13-19(24)22-12-14-7-9-16(21)10-8-14/h3-10,18,20,25H,2,11-13H2,1H3,(H,22,24). The van der Waals surface area contributed by atoms with Crippen LogP contribution in [-0.2, 0) is 17.8 Å². The summed E-state index contributed by atoms with van der Waals surface area (Å²) in [5, 5.41) is 13.4. The molecule has 0 heterocycles. The van der Waals surface area contributed by atoms with Gasteiger partial charge in [-0.3, -0.25) is 9.69 Å². The molecule has 0 saturated carbocycles. The molecule has 2 unspecified atom stereocenters. The van der Waals surface area contributed by atoms with E-state index in [9.17, 15) is 14.3 Å². The molecule has 3 rings (SSSR count). The summed E-state index contributed by atoms with van der Waals surface area (Å²) >= 11 is 0. The second kappa shape index (κ2) is 7.76. The molecule has 0 saturated heterocycles. The van der Waals surface area contributed by atoms with Crippen LogP contribution in [0, 0.1) is 5.82 Å². The highest BCUT2D eigenvalue weighted by molar-refractivity contribution is 5.78. The Kier molecular flexibility index (Phi) is 5.46. The van der Waals surface area contributed by atoms with E-state index < -0.39 is 6.10 Å². The third kappa shape index (κ3) is 4.06. The zero-order valence-corrected chi connectivity index (χ0v) is 14.3. The topological polar surface area (TPSA) is 52.6 Å². The monoisotopic (exact) mass is 342 g/mol. The molecule has 1 aliphatic carbocycles. The van der Waals surface area contributed by atoms with Gasteiger partial charge in [0.15, 0.2) is 0 Å². The maximum Gasteiger partial charge on any atom is 0.234 e. The molecule has 0 aromatic heterocycles. The van der Waals surface area contributed by atoms with Crippen molar-refractivity contribution in [1.29, 1.82) is 0 Å². The Morgan fingerprint density at radius 2 is 1.96 bits per heavy atom. The fourth-order valence-corrected chi connectivity index (χ4v) is 3.39. The molecule has 4 nitrogen and oxygen atoms in total. The van der Waals surface area contributed by atoms with Crippen molar-refractivity contribution in [2.75, 3.05) is 13.1 Å². The Hall–Kier alpha value is -2.24. The largest absolute Gasteiger partial charge is 0.387 e. The Bertz CT molecular complexity index is 733. The van der Waals surface area contributed by atoms with Crippen molar-refractivity contribution in [2.45, 2.75) is 32.0 Å². The lowest BCUT2D eigenvalue weighted by molar-refractivity contribution is -0.123. The highest BCUT2D eigenvalue weighted by Crippen LogP contribution is 2.34. The second-order valence-corrected chi connectivity index (χ2v) is 6.38. The Morgan fingerprint density at radius 1 is 1.24 bits per heavy atom. The second-order valence-electron chi connectivity index (χ2n) is 6.38. The van der Waals surface area contributed by atoms with Crippen LogP contribution in [0.4, 0.5) is 4.39 Å². The summed E-state index contributed by atoms with van der Waals surface area (Å²) < 4.78 is 12.9. The van der Waals surface area contributed by atoms with Crippen molar-refractivity contribution in [2.24, 2.45) is 0 Å². The molecule has 2 aromatic rings. The average Bonchev–Trinajstić information content (AvgIpc) is 2.96. The number of likely N-dealkylation sites (N-methyl/N-ethyl adjacent to an activating group) is 1. The van der Waals surface area contributed by atoms with Crippen LogP contribution in [0.3, 0.4) is 0 Å². The van der Waals surface area contributed by atoms with E-state index in [0.717, 1.165) is 23.1 Å². The summed E-state index contributed by atoms with van der Waals surface area (Å²) in [4.78, 5) is 14.3. The molecular formula is C20H23FN2O2. The van der Waals surface area contributed by atoms with E-state index in [1.165, 1.54) is 12.1 Å². The number of aliphatic hydroxyl groups is 1. The number of benzene rings is 2. The van der Waals surface area contributed by atoms with Crippen LogP contribution in [0.5, 0.6) is 0 Å². The molecule has 0 spiro atoms. The highest BCUT2D eigenvalue weighted by Gasteiger charge is 2.34. The lowest BCUT2D eigenvalue weighted by Gasteiger charge is -2.29. The number of nitrogens with zero attached hydrogens (tertiary/aromatic N) is 1. The molecule has 0 aliphatic heterocycles. The van der Waals surface area contributed by atoms with Gasteiger partial charge in [0.05, 0.1) is 12.6 Å². The van der Waals surface area contributed by atoms with E-state index in [4.69, 9.17) is 0 Å². The molecule has 2 aromatic carbocycles. The zero-order valence-electron chi connectivity index (χ0n) is 14.3. The van der Waals surface area contributed by atoms with Gasteiger partial charge in [-0.05, 0) is 41.8 Å². The number of nitrogens with one attached hydrogen (secondary N) is 1. The van der Waals surface area contributed by atoms with Crippen LogP contribution >= 0.6 is 0 Å². The predicted octanol–water partition coefficient (Wildman–Crippen LogP) is 2.42. The summed E-state index contributed by atoms with van der Waals surface area (Å²) in [5.74, 6) is -0.392. The first-order chi connectivity index (χ1) is 12.1.